The van der Waals surface area contributed by atoms with Crippen LogP contribution in [0.4, 0.5) is 10.5 Å². The molecule has 2 amide bonds. The Morgan fingerprint density at radius 3 is 3.11 bits per heavy atom. The second kappa shape index (κ2) is 7.01. The Morgan fingerprint density at radius 1 is 1.67 bits per heavy atom. The normalized spacial score (nSPS) is 11.4. The summed E-state index contributed by atoms with van der Waals surface area (Å²) in [5.74, 6) is 4.88. The van der Waals surface area contributed by atoms with Gasteiger partial charge in [-0.25, -0.2) is 4.79 Å². The molecule has 0 fully saturated rings. The molecule has 0 saturated carbocycles. The van der Waals surface area contributed by atoms with Crippen LogP contribution >= 0.6 is 11.3 Å². The number of rotatable bonds is 5. The van der Waals surface area contributed by atoms with E-state index in [1.165, 1.54) is 17.4 Å². The average molecular weight is 268 g/mol. The highest BCUT2D eigenvalue weighted by Crippen LogP contribution is 2.23. The number of nitrogens with one attached hydrogen (secondary N) is 2. The molecule has 1 aromatic rings. The summed E-state index contributed by atoms with van der Waals surface area (Å²) >= 11 is 1.39. The highest BCUT2D eigenvalue weighted by Gasteiger charge is 2.08. The summed E-state index contributed by atoms with van der Waals surface area (Å²) in [7, 11) is 0. The number of nitrogens with two attached hydrogens (primary N) is 2. The molecule has 0 aliphatic carbocycles. The van der Waals surface area contributed by atoms with E-state index in [0.717, 1.165) is 11.1 Å². The SMILES string of the molecule is N=CC=C(N)OCc1sccc1NC(=O)N=NN. The topological polar surface area (TPSA) is 139 Å². The summed E-state index contributed by atoms with van der Waals surface area (Å²) in [4.78, 5) is 11.9. The van der Waals surface area contributed by atoms with Gasteiger partial charge in [0.2, 0.25) is 0 Å². The molecule has 0 unspecified atom stereocenters. The molecular weight excluding hydrogens is 256 g/mol. The summed E-state index contributed by atoms with van der Waals surface area (Å²) in [6, 6.07) is 1.03. The third-order valence-electron chi connectivity index (χ3n) is 1.75. The molecule has 96 valence electrons. The van der Waals surface area contributed by atoms with Gasteiger partial charge in [0.15, 0.2) is 5.88 Å². The van der Waals surface area contributed by atoms with Crippen molar-refractivity contribution in [2.45, 2.75) is 6.61 Å². The van der Waals surface area contributed by atoms with Crippen LogP contribution in [0.5, 0.6) is 0 Å². The van der Waals surface area contributed by atoms with Crippen LogP contribution in [0.3, 0.4) is 0 Å². The van der Waals surface area contributed by atoms with Gasteiger partial charge in [0.25, 0.3) is 0 Å². The van der Waals surface area contributed by atoms with Gasteiger partial charge < -0.3 is 27.0 Å². The van der Waals surface area contributed by atoms with Crippen molar-refractivity contribution in [2.24, 2.45) is 21.9 Å². The lowest BCUT2D eigenvalue weighted by Crippen LogP contribution is -2.08. The summed E-state index contributed by atoms with van der Waals surface area (Å²) in [6.07, 6.45) is 2.34. The molecule has 0 aliphatic heterocycles. The molecule has 0 radical (unpaired) electrons. The molecule has 8 nitrogen and oxygen atoms in total. The number of anilines is 1. The van der Waals surface area contributed by atoms with Crippen molar-refractivity contribution in [2.75, 3.05) is 5.32 Å². The van der Waals surface area contributed by atoms with Gasteiger partial charge in [-0.05, 0) is 11.4 Å². The average Bonchev–Trinajstić information content (AvgIpc) is 2.74. The van der Waals surface area contributed by atoms with Crippen LogP contribution in [0.25, 0.3) is 0 Å². The number of hydrogen-bond donors (Lipinski definition) is 4. The van der Waals surface area contributed by atoms with Gasteiger partial charge in [0.1, 0.15) is 6.61 Å². The maximum absolute atomic E-state index is 11.1. The maximum atomic E-state index is 11.1. The molecule has 0 spiro atoms. The zero-order chi connectivity index (χ0) is 13.4. The first-order valence-corrected chi connectivity index (χ1v) is 5.62. The smallest absolute Gasteiger partial charge is 0.365 e. The van der Waals surface area contributed by atoms with Gasteiger partial charge in [-0.2, -0.15) is 0 Å². The number of allylic oxidation sites excluding steroid dienone is 1. The zero-order valence-electron chi connectivity index (χ0n) is 9.29. The van der Waals surface area contributed by atoms with Crippen LogP contribution in [-0.4, -0.2) is 12.2 Å². The second-order valence-electron chi connectivity index (χ2n) is 2.93. The fourth-order valence-electron chi connectivity index (χ4n) is 1.04. The van der Waals surface area contributed by atoms with E-state index in [1.807, 2.05) is 0 Å². The molecule has 0 bridgehead atoms. The van der Waals surface area contributed by atoms with E-state index < -0.39 is 6.03 Å². The molecule has 1 heterocycles. The Balaban J connectivity index is 2.62. The molecule has 18 heavy (non-hydrogen) atoms. The molecule has 0 atom stereocenters. The number of urea groups is 1. The first-order valence-electron chi connectivity index (χ1n) is 4.74. The number of amides is 2. The quantitative estimate of drug-likeness (QED) is 0.211. The number of ether oxygens (including phenoxy) is 1. The number of carbonyl (C=O) groups excluding carboxylic acids is 1. The van der Waals surface area contributed by atoms with E-state index >= 15 is 0 Å². The summed E-state index contributed by atoms with van der Waals surface area (Å²) in [6.45, 7) is 0.184. The second-order valence-corrected chi connectivity index (χ2v) is 3.93. The monoisotopic (exact) mass is 268 g/mol. The van der Waals surface area contributed by atoms with Crippen molar-refractivity contribution in [3.63, 3.8) is 0 Å². The Hall–Kier alpha value is -2.42. The van der Waals surface area contributed by atoms with Crippen LogP contribution in [-0.2, 0) is 11.3 Å². The Morgan fingerprint density at radius 2 is 2.44 bits per heavy atom. The van der Waals surface area contributed by atoms with Gasteiger partial charge in [-0.15, -0.1) is 11.3 Å². The van der Waals surface area contributed by atoms with Gasteiger partial charge in [0, 0.05) is 12.3 Å². The minimum absolute atomic E-state index is 0.123. The van der Waals surface area contributed by atoms with Gasteiger partial charge in [0.05, 0.1) is 10.6 Å². The first kappa shape index (κ1) is 13.6. The van der Waals surface area contributed by atoms with Gasteiger partial charge >= 0.3 is 6.03 Å². The predicted molar refractivity (Wildman–Crippen MR) is 68.2 cm³/mol. The highest BCUT2D eigenvalue weighted by atomic mass is 32.1. The minimum Gasteiger partial charge on any atom is -0.474 e. The Labute approximate surface area is 107 Å². The minimum atomic E-state index is -0.667. The summed E-state index contributed by atoms with van der Waals surface area (Å²) < 4.78 is 5.18. The Bertz CT molecular complexity index is 481. The van der Waals surface area contributed by atoms with Crippen molar-refractivity contribution >= 4 is 29.3 Å². The van der Waals surface area contributed by atoms with E-state index in [-0.39, 0.29) is 12.5 Å². The molecule has 1 rings (SSSR count). The highest BCUT2D eigenvalue weighted by molar-refractivity contribution is 7.10. The zero-order valence-corrected chi connectivity index (χ0v) is 10.1. The number of thiophene rings is 1. The lowest BCUT2D eigenvalue weighted by Gasteiger charge is -2.06. The molecule has 0 aromatic carbocycles. The molecule has 1 aromatic heterocycles. The van der Waals surface area contributed by atoms with E-state index in [4.69, 9.17) is 21.7 Å². The van der Waals surface area contributed by atoms with Crippen LogP contribution < -0.4 is 16.9 Å². The molecule has 0 saturated heterocycles. The van der Waals surface area contributed by atoms with E-state index in [2.05, 4.69) is 15.7 Å². The van der Waals surface area contributed by atoms with Crippen molar-refractivity contribution in [1.82, 2.24) is 0 Å². The third-order valence-corrected chi connectivity index (χ3v) is 2.65. The van der Waals surface area contributed by atoms with E-state index in [1.54, 1.807) is 11.4 Å². The molecule has 6 N–H and O–H groups in total. The number of nitrogens with zero attached hydrogens (tertiary/aromatic N) is 2. The summed E-state index contributed by atoms with van der Waals surface area (Å²) in [5.41, 5.74) is 6.01. The maximum Gasteiger partial charge on any atom is 0.365 e. The standard InChI is InChI=1S/C9H12N6O2S/c10-3-1-8(11)17-5-7-6(2-4-18-7)13-9(16)14-15-12/h1-4,10H,5,11H2,(H3,12,13,14,16). The van der Waals surface area contributed by atoms with Crippen molar-refractivity contribution in [3.8, 4) is 0 Å². The van der Waals surface area contributed by atoms with Crippen LogP contribution in [0.1, 0.15) is 4.88 Å². The number of carbonyl (C=O) groups is 1. The summed E-state index contributed by atoms with van der Waals surface area (Å²) in [5, 5.41) is 17.1. The van der Waals surface area contributed by atoms with Crippen LogP contribution in [0, 0.1) is 5.41 Å². The van der Waals surface area contributed by atoms with E-state index in [0.29, 0.717) is 5.69 Å². The fourth-order valence-corrected chi connectivity index (χ4v) is 1.78. The van der Waals surface area contributed by atoms with Gasteiger partial charge in [-0.1, -0.05) is 10.3 Å². The first-order chi connectivity index (χ1) is 8.67. The molecular formula is C9H12N6O2S. The largest absolute Gasteiger partial charge is 0.474 e. The van der Waals surface area contributed by atoms with Crippen LogP contribution in [0.15, 0.2) is 33.7 Å². The molecule has 0 aliphatic rings. The third kappa shape index (κ3) is 4.22. The van der Waals surface area contributed by atoms with Crippen molar-refractivity contribution < 1.29 is 9.53 Å². The lowest BCUT2D eigenvalue weighted by atomic mass is 10.4. The lowest BCUT2D eigenvalue weighted by molar-refractivity contribution is 0.199. The van der Waals surface area contributed by atoms with E-state index in [9.17, 15) is 4.79 Å². The van der Waals surface area contributed by atoms with Gasteiger partial charge in [-0.3, -0.25) is 0 Å². The van der Waals surface area contributed by atoms with Crippen molar-refractivity contribution in [1.29, 1.82) is 5.41 Å². The predicted octanol–water partition coefficient (Wildman–Crippen LogP) is 1.57. The van der Waals surface area contributed by atoms with Crippen molar-refractivity contribution in [3.05, 3.63) is 28.3 Å². The number of hydrogen-bond acceptors (Lipinski definition) is 6. The Kier molecular flexibility index (Phi) is 5.32. The van der Waals surface area contributed by atoms with Crippen LogP contribution in [0.2, 0.25) is 0 Å². The fraction of sp³-hybridized carbons (Fsp3) is 0.111. The molecule has 9 heteroatoms.